The second kappa shape index (κ2) is 7.90. The van der Waals surface area contributed by atoms with Crippen molar-refractivity contribution in [3.63, 3.8) is 0 Å². The lowest BCUT2D eigenvalue weighted by molar-refractivity contribution is 0.127. The largest absolute Gasteiger partial charge is 0.377 e. The van der Waals surface area contributed by atoms with Crippen LogP contribution in [0.5, 0.6) is 0 Å². The molecule has 1 saturated heterocycles. The van der Waals surface area contributed by atoms with Crippen LogP contribution in [0.3, 0.4) is 0 Å². The smallest absolute Gasteiger partial charge is 0.317 e. The predicted octanol–water partition coefficient (Wildman–Crippen LogP) is 0.619. The predicted molar refractivity (Wildman–Crippen MR) is 80.1 cm³/mol. The molecule has 0 spiro atoms. The third-order valence-corrected chi connectivity index (χ3v) is 3.34. The van der Waals surface area contributed by atoms with Gasteiger partial charge in [0.15, 0.2) is 5.82 Å². The minimum absolute atomic E-state index is 0.0391. The van der Waals surface area contributed by atoms with E-state index in [1.54, 1.807) is 7.11 Å². The highest BCUT2D eigenvalue weighted by molar-refractivity contribution is 5.74. The molecule has 1 aliphatic rings. The van der Waals surface area contributed by atoms with Crippen LogP contribution in [-0.4, -0.2) is 65.8 Å². The van der Waals surface area contributed by atoms with Crippen molar-refractivity contribution in [3.8, 4) is 0 Å². The molecule has 1 aromatic rings. The first-order valence-electron chi connectivity index (χ1n) is 7.28. The first-order valence-corrected chi connectivity index (χ1v) is 7.28. The Hall–Kier alpha value is -1.93. The molecule has 8 nitrogen and oxygen atoms in total. The number of ether oxygens (including phenoxy) is 1. The zero-order chi connectivity index (χ0) is 15.9. The lowest BCUT2D eigenvalue weighted by atomic mass is 10.3. The minimum atomic E-state index is -0.0391. The lowest BCUT2D eigenvalue weighted by Gasteiger charge is -2.33. The Balaban J connectivity index is 1.74. The minimum Gasteiger partial charge on any atom is -0.377 e. The van der Waals surface area contributed by atoms with Crippen LogP contribution in [0, 0.1) is 0 Å². The molecular weight excluding hydrogens is 286 g/mol. The first kappa shape index (κ1) is 16.4. The molecular formula is C14H23N5O3. The zero-order valence-electron chi connectivity index (χ0n) is 13.2. The van der Waals surface area contributed by atoms with Crippen LogP contribution in [0.4, 0.5) is 4.79 Å². The van der Waals surface area contributed by atoms with Crippen LogP contribution >= 0.6 is 0 Å². The van der Waals surface area contributed by atoms with Gasteiger partial charge in [0.2, 0.25) is 5.89 Å². The summed E-state index contributed by atoms with van der Waals surface area (Å²) in [5.41, 5.74) is 0.940. The van der Waals surface area contributed by atoms with Gasteiger partial charge in [-0.2, -0.15) is 4.98 Å². The Kier molecular flexibility index (Phi) is 5.91. The molecule has 1 N–H and O–H groups in total. The van der Waals surface area contributed by atoms with Gasteiger partial charge in [0.1, 0.15) is 6.61 Å². The van der Waals surface area contributed by atoms with E-state index in [9.17, 15) is 4.79 Å². The Morgan fingerprint density at radius 1 is 1.41 bits per heavy atom. The van der Waals surface area contributed by atoms with Crippen LogP contribution < -0.4 is 5.32 Å². The number of methoxy groups -OCH3 is 1. The second-order valence-electron chi connectivity index (χ2n) is 5.42. The molecule has 8 heteroatoms. The van der Waals surface area contributed by atoms with E-state index in [0.717, 1.165) is 18.7 Å². The third-order valence-electron chi connectivity index (χ3n) is 3.34. The van der Waals surface area contributed by atoms with Gasteiger partial charge in [-0.3, -0.25) is 4.90 Å². The lowest BCUT2D eigenvalue weighted by Crippen LogP contribution is -2.51. The fourth-order valence-corrected chi connectivity index (χ4v) is 2.18. The highest BCUT2D eigenvalue weighted by atomic mass is 16.5. The molecule has 2 amide bonds. The van der Waals surface area contributed by atoms with Gasteiger partial charge in [-0.1, -0.05) is 17.3 Å². The third kappa shape index (κ3) is 4.81. The van der Waals surface area contributed by atoms with Gasteiger partial charge in [-0.15, -0.1) is 0 Å². The van der Waals surface area contributed by atoms with Crippen molar-refractivity contribution in [3.05, 3.63) is 23.9 Å². The van der Waals surface area contributed by atoms with E-state index in [4.69, 9.17) is 9.26 Å². The van der Waals surface area contributed by atoms with Crippen LogP contribution in [-0.2, 0) is 17.9 Å². The van der Waals surface area contributed by atoms with Gasteiger partial charge in [-0.05, 0) is 6.92 Å². The fraction of sp³-hybridized carbons (Fsp3) is 0.643. The van der Waals surface area contributed by atoms with Crippen molar-refractivity contribution in [2.24, 2.45) is 0 Å². The van der Waals surface area contributed by atoms with Crippen molar-refractivity contribution in [1.29, 1.82) is 0 Å². The van der Waals surface area contributed by atoms with E-state index < -0.39 is 0 Å². The number of carbonyl (C=O) groups is 1. The molecule has 0 radical (unpaired) electrons. The van der Waals surface area contributed by atoms with Gasteiger partial charge in [0.05, 0.1) is 6.54 Å². The van der Waals surface area contributed by atoms with Crippen molar-refractivity contribution in [1.82, 2.24) is 25.3 Å². The molecule has 0 atom stereocenters. The number of urea groups is 1. The number of amides is 2. The van der Waals surface area contributed by atoms with Crippen LogP contribution in [0.1, 0.15) is 18.6 Å². The average Bonchev–Trinajstić information content (AvgIpc) is 2.93. The number of nitrogens with zero attached hydrogens (tertiary/aromatic N) is 4. The second-order valence-corrected chi connectivity index (χ2v) is 5.42. The van der Waals surface area contributed by atoms with E-state index >= 15 is 0 Å². The maximum absolute atomic E-state index is 11.9. The summed E-state index contributed by atoms with van der Waals surface area (Å²) >= 11 is 0. The maximum atomic E-state index is 11.9. The van der Waals surface area contributed by atoms with Gasteiger partial charge in [0, 0.05) is 39.8 Å². The first-order chi connectivity index (χ1) is 10.6. The van der Waals surface area contributed by atoms with Crippen molar-refractivity contribution >= 4 is 6.03 Å². The topological polar surface area (TPSA) is 83.7 Å². The molecule has 1 aliphatic heterocycles. The summed E-state index contributed by atoms with van der Waals surface area (Å²) in [7, 11) is 1.59. The Morgan fingerprint density at radius 2 is 2.14 bits per heavy atom. The molecule has 22 heavy (non-hydrogen) atoms. The molecule has 0 bridgehead atoms. The van der Waals surface area contributed by atoms with Crippen molar-refractivity contribution in [2.75, 3.05) is 39.8 Å². The summed E-state index contributed by atoms with van der Waals surface area (Å²) in [4.78, 5) is 20.2. The van der Waals surface area contributed by atoms with E-state index in [1.807, 2.05) is 11.8 Å². The van der Waals surface area contributed by atoms with Gasteiger partial charge in [-0.25, -0.2) is 4.79 Å². The van der Waals surface area contributed by atoms with Crippen molar-refractivity contribution < 1.29 is 14.1 Å². The quantitative estimate of drug-likeness (QED) is 0.776. The van der Waals surface area contributed by atoms with E-state index in [2.05, 4.69) is 26.9 Å². The van der Waals surface area contributed by atoms with E-state index in [0.29, 0.717) is 44.5 Å². The van der Waals surface area contributed by atoms with Gasteiger partial charge < -0.3 is 19.5 Å². The Bertz CT molecular complexity index is 508. The molecule has 1 fully saturated rings. The number of rotatable bonds is 6. The van der Waals surface area contributed by atoms with E-state index in [-0.39, 0.29) is 6.03 Å². The maximum Gasteiger partial charge on any atom is 0.317 e. The van der Waals surface area contributed by atoms with Crippen LogP contribution in [0.2, 0.25) is 0 Å². The molecule has 0 aromatic carbocycles. The van der Waals surface area contributed by atoms with E-state index in [1.165, 1.54) is 0 Å². The fourth-order valence-electron chi connectivity index (χ4n) is 2.18. The molecule has 0 saturated carbocycles. The monoisotopic (exact) mass is 309 g/mol. The van der Waals surface area contributed by atoms with Crippen LogP contribution in [0.15, 0.2) is 16.7 Å². The Labute approximate surface area is 130 Å². The number of piperazine rings is 1. The number of nitrogens with one attached hydrogen (secondary N) is 1. The molecule has 1 aromatic heterocycles. The summed E-state index contributed by atoms with van der Waals surface area (Å²) in [6.07, 6.45) is 0. The number of carbonyl (C=O) groups excluding carboxylic acids is 1. The zero-order valence-corrected chi connectivity index (χ0v) is 13.2. The highest BCUT2D eigenvalue weighted by Crippen LogP contribution is 2.08. The summed E-state index contributed by atoms with van der Waals surface area (Å²) in [5.74, 6) is 1.13. The summed E-state index contributed by atoms with van der Waals surface area (Å²) in [6, 6.07) is -0.0391. The summed E-state index contributed by atoms with van der Waals surface area (Å²) in [6.45, 7) is 10.0. The molecule has 2 heterocycles. The molecule has 2 rings (SSSR count). The normalized spacial score (nSPS) is 15.8. The number of hydrogen-bond donors (Lipinski definition) is 1. The number of hydrogen-bond acceptors (Lipinski definition) is 6. The van der Waals surface area contributed by atoms with Gasteiger partial charge in [0.25, 0.3) is 0 Å². The molecule has 0 unspecified atom stereocenters. The number of aromatic nitrogens is 2. The SMILES string of the molecule is C=C(C)CNC(=O)N1CCN(Cc2nc(COC)no2)CC1. The van der Waals surface area contributed by atoms with Crippen molar-refractivity contribution in [2.45, 2.75) is 20.1 Å². The molecule has 0 aliphatic carbocycles. The van der Waals surface area contributed by atoms with Crippen LogP contribution in [0.25, 0.3) is 0 Å². The Morgan fingerprint density at radius 3 is 2.77 bits per heavy atom. The summed E-state index contributed by atoms with van der Waals surface area (Å²) in [5, 5.41) is 6.68. The highest BCUT2D eigenvalue weighted by Gasteiger charge is 2.22. The van der Waals surface area contributed by atoms with Gasteiger partial charge >= 0.3 is 6.03 Å². The molecule has 122 valence electrons. The standard InChI is InChI=1S/C14H23N5O3/c1-11(2)8-15-14(20)19-6-4-18(5-7-19)9-13-16-12(10-21-3)17-22-13/h1,4-10H2,2-3H3,(H,15,20). The average molecular weight is 309 g/mol. The summed E-state index contributed by atoms with van der Waals surface area (Å²) < 4.78 is 10.1.